The lowest BCUT2D eigenvalue weighted by molar-refractivity contribution is 0.0934. The highest BCUT2D eigenvalue weighted by Crippen LogP contribution is 2.42. The molecule has 0 spiro atoms. The number of hydrogen-bond donors (Lipinski definition) is 2. The summed E-state index contributed by atoms with van der Waals surface area (Å²) in [6, 6.07) is 21.9. The first-order valence-corrected chi connectivity index (χ1v) is 11.0. The van der Waals surface area contributed by atoms with Crippen molar-refractivity contribution < 1.29 is 19.4 Å². The Morgan fingerprint density at radius 2 is 1.91 bits per heavy atom. The summed E-state index contributed by atoms with van der Waals surface area (Å²) in [5, 5.41) is 32.1. The molecule has 0 radical (unpaired) electrons. The molecular weight excluding hydrogens is 442 g/mol. The summed E-state index contributed by atoms with van der Waals surface area (Å²) in [4.78, 5) is 4.20. The van der Waals surface area contributed by atoms with Gasteiger partial charge in [-0.25, -0.2) is 4.98 Å². The van der Waals surface area contributed by atoms with Gasteiger partial charge in [0.1, 0.15) is 17.1 Å². The van der Waals surface area contributed by atoms with Crippen molar-refractivity contribution in [1.82, 2.24) is 9.55 Å². The maximum Gasteiger partial charge on any atom is 0.189 e. The van der Waals surface area contributed by atoms with Crippen LogP contribution in [0.25, 0.3) is 22.1 Å². The van der Waals surface area contributed by atoms with Gasteiger partial charge < -0.3 is 23.9 Å². The van der Waals surface area contributed by atoms with Crippen LogP contribution in [0.4, 0.5) is 0 Å². The number of aryl methyl sites for hydroxylation is 1. The molecule has 0 fully saturated rings. The minimum Gasteiger partial charge on any atom is -0.497 e. The van der Waals surface area contributed by atoms with E-state index in [2.05, 4.69) is 11.1 Å². The molecule has 7 nitrogen and oxygen atoms in total. The number of aromatic nitrogens is 2. The third kappa shape index (κ3) is 3.75. The van der Waals surface area contributed by atoms with Gasteiger partial charge in [0.15, 0.2) is 5.60 Å². The standard InChI is InChI=1S/C28H23N3O4/c1-31-17-30-15-25(31)28(33,22-8-6-18(14-29)7-9-22)26-13-21-10-19(16-32)11-24(27(21)35-26)20-4-3-5-23(12-20)34-2/h3-13,15,17,32-33H,16H2,1-2H3. The number of nitrogens with zero attached hydrogens (tertiary/aromatic N) is 3. The molecule has 35 heavy (non-hydrogen) atoms. The molecule has 0 aliphatic heterocycles. The van der Waals surface area contributed by atoms with Crippen LogP contribution in [-0.2, 0) is 19.3 Å². The molecule has 0 aliphatic carbocycles. The fourth-order valence-corrected chi connectivity index (χ4v) is 4.40. The summed E-state index contributed by atoms with van der Waals surface area (Å²) >= 11 is 0. The molecule has 0 saturated heterocycles. The van der Waals surface area contributed by atoms with Crippen molar-refractivity contribution in [3.63, 3.8) is 0 Å². The van der Waals surface area contributed by atoms with Crippen molar-refractivity contribution in [2.45, 2.75) is 12.2 Å². The van der Waals surface area contributed by atoms with E-state index < -0.39 is 5.60 Å². The zero-order valence-corrected chi connectivity index (χ0v) is 19.3. The van der Waals surface area contributed by atoms with Crippen molar-refractivity contribution in [3.8, 4) is 22.9 Å². The van der Waals surface area contributed by atoms with E-state index in [0.717, 1.165) is 16.5 Å². The first-order chi connectivity index (χ1) is 17.0. The monoisotopic (exact) mass is 465 g/mol. The predicted octanol–water partition coefficient (Wildman–Crippen LogP) is 4.49. The Morgan fingerprint density at radius 1 is 1.11 bits per heavy atom. The Bertz CT molecular complexity index is 1560. The first-order valence-electron chi connectivity index (χ1n) is 11.0. The number of imidazole rings is 1. The number of aliphatic hydroxyl groups is 2. The van der Waals surface area contributed by atoms with Crippen LogP contribution >= 0.6 is 0 Å². The van der Waals surface area contributed by atoms with Crippen LogP contribution in [0.15, 0.2) is 83.7 Å². The molecule has 5 rings (SSSR count). The van der Waals surface area contributed by atoms with E-state index in [1.807, 2.05) is 36.4 Å². The van der Waals surface area contributed by atoms with E-state index in [1.165, 1.54) is 0 Å². The van der Waals surface area contributed by atoms with E-state index in [-0.39, 0.29) is 6.61 Å². The van der Waals surface area contributed by atoms with Crippen LogP contribution in [0.3, 0.4) is 0 Å². The van der Waals surface area contributed by atoms with E-state index >= 15 is 0 Å². The van der Waals surface area contributed by atoms with Gasteiger partial charge in [-0.15, -0.1) is 0 Å². The summed E-state index contributed by atoms with van der Waals surface area (Å²) in [5.41, 5.74) is 2.75. The van der Waals surface area contributed by atoms with E-state index in [9.17, 15) is 15.5 Å². The number of rotatable bonds is 6. The summed E-state index contributed by atoms with van der Waals surface area (Å²) < 4.78 is 13.5. The molecule has 1 atom stereocenters. The lowest BCUT2D eigenvalue weighted by Gasteiger charge is -2.27. The minimum atomic E-state index is -1.68. The van der Waals surface area contributed by atoms with Gasteiger partial charge in [0.05, 0.1) is 43.6 Å². The fraction of sp³-hybridized carbons (Fsp3) is 0.143. The third-order valence-electron chi connectivity index (χ3n) is 6.22. The summed E-state index contributed by atoms with van der Waals surface area (Å²) in [5.74, 6) is 0.987. The second-order valence-corrected chi connectivity index (χ2v) is 8.35. The third-order valence-corrected chi connectivity index (χ3v) is 6.22. The van der Waals surface area contributed by atoms with Crippen LogP contribution < -0.4 is 4.74 Å². The molecule has 0 aliphatic rings. The molecule has 7 heteroatoms. The number of nitriles is 1. The number of furan rings is 1. The quantitative estimate of drug-likeness (QED) is 0.383. The largest absolute Gasteiger partial charge is 0.497 e. The highest BCUT2D eigenvalue weighted by atomic mass is 16.5. The number of benzene rings is 3. The Kier molecular flexibility index (Phi) is 5.61. The average molecular weight is 466 g/mol. The van der Waals surface area contributed by atoms with Gasteiger partial charge in [-0.3, -0.25) is 0 Å². The second kappa shape index (κ2) is 8.76. The molecule has 2 N–H and O–H groups in total. The topological polar surface area (TPSA) is 104 Å². The van der Waals surface area contributed by atoms with Crippen molar-refractivity contribution in [2.24, 2.45) is 7.05 Å². The Labute approximate surface area is 202 Å². The highest BCUT2D eigenvalue weighted by molar-refractivity contribution is 5.94. The van der Waals surface area contributed by atoms with Crippen LogP contribution in [0.1, 0.15) is 28.1 Å². The van der Waals surface area contributed by atoms with E-state index in [0.29, 0.717) is 39.5 Å². The van der Waals surface area contributed by atoms with Gasteiger partial charge in [-0.05, 0) is 59.2 Å². The van der Waals surface area contributed by atoms with Crippen LogP contribution in [0.5, 0.6) is 5.75 Å². The molecule has 0 amide bonds. The van der Waals surface area contributed by atoms with Gasteiger partial charge in [-0.2, -0.15) is 5.26 Å². The van der Waals surface area contributed by atoms with Crippen LogP contribution in [-0.4, -0.2) is 26.9 Å². The summed E-state index contributed by atoms with van der Waals surface area (Å²) in [7, 11) is 3.40. The average Bonchev–Trinajstić information content (AvgIpc) is 3.54. The number of ether oxygens (including phenoxy) is 1. The van der Waals surface area contributed by atoms with Gasteiger partial charge in [0.25, 0.3) is 0 Å². The lowest BCUT2D eigenvalue weighted by atomic mass is 9.87. The normalized spacial score (nSPS) is 12.9. The summed E-state index contributed by atoms with van der Waals surface area (Å²) in [6.07, 6.45) is 3.20. The Balaban J connectivity index is 1.77. The van der Waals surface area contributed by atoms with Gasteiger partial charge in [-0.1, -0.05) is 24.3 Å². The van der Waals surface area contributed by atoms with Crippen molar-refractivity contribution in [1.29, 1.82) is 5.26 Å². The molecular formula is C28H23N3O4. The van der Waals surface area contributed by atoms with E-state index in [4.69, 9.17) is 9.15 Å². The molecule has 2 heterocycles. The zero-order chi connectivity index (χ0) is 24.6. The van der Waals surface area contributed by atoms with Crippen molar-refractivity contribution >= 4 is 11.0 Å². The molecule has 2 aromatic heterocycles. The van der Waals surface area contributed by atoms with Crippen molar-refractivity contribution in [2.75, 3.05) is 7.11 Å². The van der Waals surface area contributed by atoms with Gasteiger partial charge in [0.2, 0.25) is 0 Å². The maximum absolute atomic E-state index is 12.2. The smallest absolute Gasteiger partial charge is 0.189 e. The number of methoxy groups -OCH3 is 1. The van der Waals surface area contributed by atoms with Gasteiger partial charge >= 0.3 is 0 Å². The first kappa shape index (κ1) is 22.4. The fourth-order valence-electron chi connectivity index (χ4n) is 4.40. The molecule has 0 saturated carbocycles. The van der Waals surface area contributed by atoms with Crippen LogP contribution in [0.2, 0.25) is 0 Å². The van der Waals surface area contributed by atoms with E-state index in [1.54, 1.807) is 61.6 Å². The number of aliphatic hydroxyl groups excluding tert-OH is 1. The SMILES string of the molecule is COc1cccc(-c2cc(CO)cc3cc(C(O)(c4ccc(C#N)cc4)c4cncn4C)oc23)c1. The van der Waals surface area contributed by atoms with Crippen LogP contribution in [0, 0.1) is 11.3 Å². The molecule has 1 unspecified atom stereocenters. The summed E-state index contributed by atoms with van der Waals surface area (Å²) in [6.45, 7) is -0.144. The second-order valence-electron chi connectivity index (χ2n) is 8.35. The Morgan fingerprint density at radius 3 is 2.57 bits per heavy atom. The Hall–Kier alpha value is -4.38. The highest BCUT2D eigenvalue weighted by Gasteiger charge is 2.40. The predicted molar refractivity (Wildman–Crippen MR) is 131 cm³/mol. The van der Waals surface area contributed by atoms with Crippen molar-refractivity contribution in [3.05, 3.63) is 107 Å². The number of hydrogen-bond acceptors (Lipinski definition) is 6. The molecule has 174 valence electrons. The molecule has 5 aromatic rings. The number of fused-ring (bicyclic) bond motifs is 1. The minimum absolute atomic E-state index is 0.144. The zero-order valence-electron chi connectivity index (χ0n) is 19.3. The maximum atomic E-state index is 12.2. The molecule has 3 aromatic carbocycles. The lowest BCUT2D eigenvalue weighted by Crippen LogP contribution is -2.30. The molecule has 0 bridgehead atoms. The van der Waals surface area contributed by atoms with Gasteiger partial charge in [0, 0.05) is 18.0 Å².